The number of nitrogens with one attached hydrogen (secondary N) is 1. The Morgan fingerprint density at radius 1 is 1.04 bits per heavy atom. The smallest absolute Gasteiger partial charge is 0.416 e. The van der Waals surface area contributed by atoms with Crippen LogP contribution in [0.15, 0.2) is 42.5 Å². The lowest BCUT2D eigenvalue weighted by molar-refractivity contribution is -0.137. The highest BCUT2D eigenvalue weighted by Gasteiger charge is 2.30. The molecule has 0 radical (unpaired) electrons. The molecular weight excluding hydrogens is 371 g/mol. The van der Waals surface area contributed by atoms with Gasteiger partial charge in [0.05, 0.1) is 31.2 Å². The number of hydrogen-bond donors (Lipinski definition) is 1. The molecule has 1 atom stereocenters. The zero-order chi connectivity index (χ0) is 20.7. The van der Waals surface area contributed by atoms with E-state index in [9.17, 15) is 18.0 Å². The number of carbonyl (C=O) groups excluding carboxylic acids is 1. The molecule has 0 fully saturated rings. The highest BCUT2D eigenvalue weighted by Crippen LogP contribution is 2.31. The van der Waals surface area contributed by atoms with Crippen LogP contribution in [0.2, 0.25) is 0 Å². The Bertz CT molecular complexity index is 806. The van der Waals surface area contributed by atoms with Crippen LogP contribution in [-0.4, -0.2) is 19.1 Å². The molecule has 2 aromatic carbocycles. The van der Waals surface area contributed by atoms with Crippen LogP contribution in [0, 0.1) is 0 Å². The van der Waals surface area contributed by atoms with Crippen molar-refractivity contribution in [2.24, 2.45) is 0 Å². The van der Waals surface area contributed by atoms with E-state index < -0.39 is 11.7 Å². The fourth-order valence-electron chi connectivity index (χ4n) is 2.76. The van der Waals surface area contributed by atoms with Crippen LogP contribution in [-0.2, 0) is 17.4 Å². The normalized spacial score (nSPS) is 12.4. The van der Waals surface area contributed by atoms with Gasteiger partial charge in [-0.25, -0.2) is 0 Å². The van der Waals surface area contributed by atoms with Gasteiger partial charge in [0.2, 0.25) is 5.91 Å². The van der Waals surface area contributed by atoms with E-state index >= 15 is 0 Å². The summed E-state index contributed by atoms with van der Waals surface area (Å²) in [5, 5.41) is 2.81. The summed E-state index contributed by atoms with van der Waals surface area (Å²) in [6.45, 7) is 6.51. The third kappa shape index (κ3) is 5.90. The molecule has 1 amide bonds. The van der Waals surface area contributed by atoms with Crippen molar-refractivity contribution in [3.05, 3.63) is 59.2 Å². The second kappa shape index (κ2) is 9.48. The van der Waals surface area contributed by atoms with Crippen molar-refractivity contribution in [3.8, 4) is 11.5 Å². The highest BCUT2D eigenvalue weighted by molar-refractivity contribution is 5.79. The SMILES string of the molecule is CCOc1ccc(C(C)NC(=O)Cc2cccc(C(F)(F)F)c2)cc1OCC. The average Bonchev–Trinajstić information content (AvgIpc) is 2.63. The summed E-state index contributed by atoms with van der Waals surface area (Å²) in [6, 6.07) is 9.84. The number of ether oxygens (including phenoxy) is 2. The van der Waals surface area contributed by atoms with Gasteiger partial charge in [-0.2, -0.15) is 13.2 Å². The molecule has 2 aromatic rings. The lowest BCUT2D eigenvalue weighted by Gasteiger charge is -2.18. The predicted octanol–water partition coefficient (Wildman–Crippen LogP) is 4.92. The van der Waals surface area contributed by atoms with Gasteiger partial charge in [0.15, 0.2) is 11.5 Å². The minimum Gasteiger partial charge on any atom is -0.490 e. The topological polar surface area (TPSA) is 47.6 Å². The molecule has 0 aromatic heterocycles. The number of halogens is 3. The molecular formula is C21H24F3NO3. The van der Waals surface area contributed by atoms with Crippen molar-refractivity contribution in [2.45, 2.75) is 39.4 Å². The summed E-state index contributed by atoms with van der Waals surface area (Å²) in [4.78, 5) is 12.3. The van der Waals surface area contributed by atoms with E-state index in [1.165, 1.54) is 12.1 Å². The Balaban J connectivity index is 2.07. The molecule has 0 heterocycles. The average molecular weight is 395 g/mol. The number of amides is 1. The Morgan fingerprint density at radius 2 is 1.71 bits per heavy atom. The second-order valence-electron chi connectivity index (χ2n) is 6.24. The molecule has 7 heteroatoms. The van der Waals surface area contributed by atoms with Gasteiger partial charge in [0.25, 0.3) is 0 Å². The first-order chi connectivity index (χ1) is 13.2. The first-order valence-electron chi connectivity index (χ1n) is 9.09. The molecule has 1 unspecified atom stereocenters. The fourth-order valence-corrected chi connectivity index (χ4v) is 2.76. The van der Waals surface area contributed by atoms with E-state index in [4.69, 9.17) is 9.47 Å². The van der Waals surface area contributed by atoms with Gasteiger partial charge < -0.3 is 14.8 Å². The zero-order valence-electron chi connectivity index (χ0n) is 16.1. The van der Waals surface area contributed by atoms with Crippen molar-refractivity contribution in [1.29, 1.82) is 0 Å². The van der Waals surface area contributed by atoms with Gasteiger partial charge in [-0.1, -0.05) is 24.3 Å². The maximum absolute atomic E-state index is 12.8. The first kappa shape index (κ1) is 21.6. The minimum atomic E-state index is -4.43. The summed E-state index contributed by atoms with van der Waals surface area (Å²) >= 11 is 0. The maximum atomic E-state index is 12.8. The standard InChI is InChI=1S/C21H24F3NO3/c1-4-27-18-10-9-16(13-19(18)28-5-2)14(3)25-20(26)12-15-7-6-8-17(11-15)21(22,23)24/h6-11,13-14H,4-5,12H2,1-3H3,(H,25,26). The minimum absolute atomic E-state index is 0.135. The Morgan fingerprint density at radius 3 is 2.36 bits per heavy atom. The number of carbonyl (C=O) groups is 1. The zero-order valence-corrected chi connectivity index (χ0v) is 16.1. The molecule has 0 aliphatic rings. The summed E-state index contributed by atoms with van der Waals surface area (Å²) in [5.41, 5.74) is 0.351. The van der Waals surface area contributed by atoms with Gasteiger partial charge in [0, 0.05) is 0 Å². The Kier molecular flexibility index (Phi) is 7.31. The van der Waals surface area contributed by atoms with Crippen molar-refractivity contribution >= 4 is 5.91 Å². The number of benzene rings is 2. The summed E-state index contributed by atoms with van der Waals surface area (Å²) in [5.74, 6) is 0.843. The molecule has 1 N–H and O–H groups in total. The van der Waals surface area contributed by atoms with Gasteiger partial charge in [0.1, 0.15) is 0 Å². The van der Waals surface area contributed by atoms with Crippen LogP contribution in [0.25, 0.3) is 0 Å². The van der Waals surface area contributed by atoms with E-state index in [0.717, 1.165) is 17.7 Å². The lowest BCUT2D eigenvalue weighted by Crippen LogP contribution is -2.28. The molecule has 0 spiro atoms. The molecule has 0 aliphatic carbocycles. The second-order valence-corrected chi connectivity index (χ2v) is 6.24. The van der Waals surface area contributed by atoms with Crippen LogP contribution in [0.1, 0.15) is 43.5 Å². The van der Waals surface area contributed by atoms with E-state index in [2.05, 4.69) is 5.32 Å². The highest BCUT2D eigenvalue weighted by atomic mass is 19.4. The Labute approximate surface area is 162 Å². The quantitative estimate of drug-likeness (QED) is 0.690. The van der Waals surface area contributed by atoms with Crippen LogP contribution >= 0.6 is 0 Å². The van der Waals surface area contributed by atoms with Crippen LogP contribution < -0.4 is 14.8 Å². The van der Waals surface area contributed by atoms with Crippen molar-refractivity contribution in [3.63, 3.8) is 0 Å². The molecule has 4 nitrogen and oxygen atoms in total. The third-order valence-electron chi connectivity index (χ3n) is 4.06. The lowest BCUT2D eigenvalue weighted by atomic mass is 10.1. The van der Waals surface area contributed by atoms with Crippen LogP contribution in [0.3, 0.4) is 0 Å². The molecule has 0 bridgehead atoms. The summed E-state index contributed by atoms with van der Waals surface area (Å²) in [7, 11) is 0. The van der Waals surface area contributed by atoms with Crippen LogP contribution in [0.5, 0.6) is 11.5 Å². The van der Waals surface area contributed by atoms with Gasteiger partial charge in [-0.3, -0.25) is 4.79 Å². The molecule has 2 rings (SSSR count). The fraction of sp³-hybridized carbons (Fsp3) is 0.381. The number of rotatable bonds is 8. The van der Waals surface area contributed by atoms with Crippen molar-refractivity contribution in [1.82, 2.24) is 5.32 Å². The van der Waals surface area contributed by atoms with E-state index in [-0.39, 0.29) is 18.4 Å². The van der Waals surface area contributed by atoms with Crippen LogP contribution in [0.4, 0.5) is 13.2 Å². The van der Waals surface area contributed by atoms with Crippen molar-refractivity contribution in [2.75, 3.05) is 13.2 Å². The monoisotopic (exact) mass is 395 g/mol. The summed E-state index contributed by atoms with van der Waals surface area (Å²) in [6.07, 6.45) is -4.57. The van der Waals surface area contributed by atoms with E-state index in [1.54, 1.807) is 19.1 Å². The molecule has 0 aliphatic heterocycles. The van der Waals surface area contributed by atoms with E-state index in [1.807, 2.05) is 19.9 Å². The van der Waals surface area contributed by atoms with E-state index in [0.29, 0.717) is 30.3 Å². The van der Waals surface area contributed by atoms with Gasteiger partial charge in [-0.15, -0.1) is 0 Å². The summed E-state index contributed by atoms with van der Waals surface area (Å²) < 4.78 is 49.5. The van der Waals surface area contributed by atoms with Gasteiger partial charge >= 0.3 is 6.18 Å². The number of hydrogen-bond acceptors (Lipinski definition) is 3. The molecule has 0 saturated carbocycles. The first-order valence-corrected chi connectivity index (χ1v) is 9.09. The molecule has 0 saturated heterocycles. The predicted molar refractivity (Wildman–Crippen MR) is 100 cm³/mol. The molecule has 152 valence electrons. The maximum Gasteiger partial charge on any atom is 0.416 e. The molecule has 28 heavy (non-hydrogen) atoms. The van der Waals surface area contributed by atoms with Crippen molar-refractivity contribution < 1.29 is 27.4 Å². The number of alkyl halides is 3. The largest absolute Gasteiger partial charge is 0.490 e. The van der Waals surface area contributed by atoms with Gasteiger partial charge in [-0.05, 0) is 50.1 Å². The third-order valence-corrected chi connectivity index (χ3v) is 4.06. The Hall–Kier alpha value is -2.70.